The zero-order chi connectivity index (χ0) is 14.9. The molecule has 112 valence electrons. The first kappa shape index (κ1) is 15.5. The van der Waals surface area contributed by atoms with Crippen molar-refractivity contribution in [3.63, 3.8) is 0 Å². The Kier molecular flexibility index (Phi) is 4.55. The molecule has 2 rings (SSSR count). The lowest BCUT2D eigenvalue weighted by molar-refractivity contribution is 0.129. The second-order valence-electron chi connectivity index (χ2n) is 7.49. The Balaban J connectivity index is 2.11. The first-order valence-corrected chi connectivity index (χ1v) is 7.80. The first-order valence-electron chi connectivity index (χ1n) is 7.80. The van der Waals surface area contributed by atoms with Gasteiger partial charge in [-0.15, -0.1) is 0 Å². The average molecular weight is 274 g/mol. The Morgan fingerprint density at radius 2 is 1.75 bits per heavy atom. The number of aryl methyl sites for hydroxylation is 3. The van der Waals surface area contributed by atoms with Crippen molar-refractivity contribution in [3.8, 4) is 0 Å². The van der Waals surface area contributed by atoms with Gasteiger partial charge >= 0.3 is 0 Å². The molecule has 0 radical (unpaired) electrons. The second-order valence-corrected chi connectivity index (χ2v) is 7.49. The molecule has 0 saturated carbocycles. The van der Waals surface area contributed by atoms with E-state index in [0.717, 1.165) is 26.2 Å². The van der Waals surface area contributed by atoms with Crippen molar-refractivity contribution in [3.05, 3.63) is 34.4 Å². The summed E-state index contributed by atoms with van der Waals surface area (Å²) in [5, 5.41) is 3.67. The van der Waals surface area contributed by atoms with Crippen LogP contribution in [0.3, 0.4) is 0 Å². The van der Waals surface area contributed by atoms with E-state index in [1.54, 1.807) is 0 Å². The predicted molar refractivity (Wildman–Crippen MR) is 87.2 cm³/mol. The summed E-state index contributed by atoms with van der Waals surface area (Å²) >= 11 is 0. The van der Waals surface area contributed by atoms with Crippen LogP contribution in [-0.4, -0.2) is 30.6 Å². The van der Waals surface area contributed by atoms with Crippen LogP contribution in [0.4, 0.5) is 0 Å². The molecule has 0 amide bonds. The molecule has 1 fully saturated rings. The van der Waals surface area contributed by atoms with E-state index >= 15 is 0 Å². The summed E-state index contributed by atoms with van der Waals surface area (Å²) in [4.78, 5) is 2.61. The topological polar surface area (TPSA) is 15.3 Å². The zero-order valence-electron chi connectivity index (χ0n) is 14.0. The van der Waals surface area contributed by atoms with Crippen molar-refractivity contribution in [1.82, 2.24) is 10.2 Å². The van der Waals surface area contributed by atoms with E-state index in [9.17, 15) is 0 Å². The fourth-order valence-corrected chi connectivity index (χ4v) is 3.22. The van der Waals surface area contributed by atoms with E-state index in [-0.39, 0.29) is 0 Å². The van der Waals surface area contributed by atoms with Crippen LogP contribution in [0.5, 0.6) is 0 Å². The monoisotopic (exact) mass is 274 g/mol. The van der Waals surface area contributed by atoms with Gasteiger partial charge in [0.1, 0.15) is 0 Å². The molecule has 1 aromatic rings. The maximum absolute atomic E-state index is 3.67. The lowest BCUT2D eigenvalue weighted by Gasteiger charge is -2.40. The van der Waals surface area contributed by atoms with Gasteiger partial charge < -0.3 is 5.32 Å². The highest BCUT2D eigenvalue weighted by Crippen LogP contribution is 2.24. The lowest BCUT2D eigenvalue weighted by Crippen LogP contribution is -2.55. The molecule has 0 aromatic heterocycles. The minimum absolute atomic E-state index is 0.329. The van der Waals surface area contributed by atoms with Gasteiger partial charge in [-0.3, -0.25) is 4.90 Å². The highest BCUT2D eigenvalue weighted by atomic mass is 15.2. The molecule has 1 aliphatic rings. The van der Waals surface area contributed by atoms with Crippen LogP contribution in [0, 0.1) is 26.2 Å². The summed E-state index contributed by atoms with van der Waals surface area (Å²) in [6.07, 6.45) is 0. The van der Waals surface area contributed by atoms with Gasteiger partial charge in [0.15, 0.2) is 0 Å². The van der Waals surface area contributed by atoms with E-state index in [4.69, 9.17) is 0 Å². The van der Waals surface area contributed by atoms with Crippen molar-refractivity contribution < 1.29 is 0 Å². The number of benzene rings is 1. The highest BCUT2D eigenvalue weighted by molar-refractivity contribution is 5.37. The van der Waals surface area contributed by atoms with Crippen LogP contribution in [0.15, 0.2) is 12.1 Å². The Hall–Kier alpha value is -0.860. The maximum Gasteiger partial charge on any atom is 0.0244 e. The van der Waals surface area contributed by atoms with Crippen molar-refractivity contribution in [2.24, 2.45) is 5.41 Å². The van der Waals surface area contributed by atoms with Crippen LogP contribution in [0.25, 0.3) is 0 Å². The van der Waals surface area contributed by atoms with Gasteiger partial charge in [-0.1, -0.05) is 38.5 Å². The number of piperazine rings is 1. The van der Waals surface area contributed by atoms with E-state index in [0.29, 0.717) is 11.5 Å². The molecule has 0 aliphatic carbocycles. The largest absolute Gasteiger partial charge is 0.311 e. The SMILES string of the molecule is Cc1cc(C)c(CN2CCNC(C(C)(C)C)C2)c(C)c1. The normalized spacial score (nSPS) is 21.2. The fraction of sp³-hybridized carbons (Fsp3) is 0.667. The Bertz CT molecular complexity index is 448. The summed E-state index contributed by atoms with van der Waals surface area (Å²) in [5.41, 5.74) is 6.10. The molecular weight excluding hydrogens is 244 g/mol. The van der Waals surface area contributed by atoms with Crippen LogP contribution in [0.2, 0.25) is 0 Å². The molecule has 20 heavy (non-hydrogen) atoms. The van der Waals surface area contributed by atoms with E-state index < -0.39 is 0 Å². The quantitative estimate of drug-likeness (QED) is 0.889. The summed E-state index contributed by atoms with van der Waals surface area (Å²) in [7, 11) is 0. The number of nitrogens with one attached hydrogen (secondary N) is 1. The minimum Gasteiger partial charge on any atom is -0.311 e. The number of rotatable bonds is 2. The number of nitrogens with zero attached hydrogens (tertiary/aromatic N) is 1. The first-order chi connectivity index (χ1) is 9.27. The maximum atomic E-state index is 3.67. The molecule has 1 atom stereocenters. The zero-order valence-corrected chi connectivity index (χ0v) is 14.0. The standard InChI is InChI=1S/C18H30N2/c1-13-9-14(2)16(15(3)10-13)11-20-8-7-19-17(12-20)18(4,5)6/h9-10,17,19H,7-8,11-12H2,1-6H3. The molecule has 1 saturated heterocycles. The van der Waals surface area contributed by atoms with Gasteiger partial charge in [-0.05, 0) is 42.9 Å². The van der Waals surface area contributed by atoms with Crippen LogP contribution >= 0.6 is 0 Å². The lowest BCUT2D eigenvalue weighted by atomic mass is 9.85. The van der Waals surface area contributed by atoms with Gasteiger partial charge in [-0.2, -0.15) is 0 Å². The molecule has 1 aromatic carbocycles. The molecule has 1 heterocycles. The highest BCUT2D eigenvalue weighted by Gasteiger charge is 2.29. The Labute approximate surface area is 124 Å². The van der Waals surface area contributed by atoms with E-state index in [2.05, 4.69) is 63.9 Å². The number of hydrogen-bond donors (Lipinski definition) is 1. The molecule has 0 spiro atoms. The molecule has 1 aliphatic heterocycles. The molecule has 2 nitrogen and oxygen atoms in total. The molecule has 0 bridgehead atoms. The molecule has 1 unspecified atom stereocenters. The van der Waals surface area contributed by atoms with Crippen molar-refractivity contribution in [1.29, 1.82) is 0 Å². The smallest absolute Gasteiger partial charge is 0.0244 e. The van der Waals surface area contributed by atoms with Gasteiger partial charge in [0.05, 0.1) is 0 Å². The minimum atomic E-state index is 0.329. The molecule has 1 N–H and O–H groups in total. The van der Waals surface area contributed by atoms with Crippen molar-refractivity contribution in [2.75, 3.05) is 19.6 Å². The Morgan fingerprint density at radius 1 is 1.15 bits per heavy atom. The summed E-state index contributed by atoms with van der Waals surface area (Å²) in [6.45, 7) is 18.2. The van der Waals surface area contributed by atoms with E-state index in [1.165, 1.54) is 22.3 Å². The molecular formula is C18H30N2. The van der Waals surface area contributed by atoms with Gasteiger partial charge in [0.25, 0.3) is 0 Å². The predicted octanol–water partition coefficient (Wildman–Crippen LogP) is 3.43. The van der Waals surface area contributed by atoms with Crippen LogP contribution < -0.4 is 5.32 Å². The van der Waals surface area contributed by atoms with Crippen molar-refractivity contribution in [2.45, 2.75) is 54.1 Å². The van der Waals surface area contributed by atoms with Gasteiger partial charge in [-0.25, -0.2) is 0 Å². The van der Waals surface area contributed by atoms with Crippen LogP contribution in [-0.2, 0) is 6.54 Å². The fourth-order valence-electron chi connectivity index (χ4n) is 3.22. The third-order valence-corrected chi connectivity index (χ3v) is 4.53. The number of hydrogen-bond acceptors (Lipinski definition) is 2. The summed E-state index contributed by atoms with van der Waals surface area (Å²) < 4.78 is 0. The van der Waals surface area contributed by atoms with E-state index in [1.807, 2.05) is 0 Å². The average Bonchev–Trinajstić information content (AvgIpc) is 2.33. The van der Waals surface area contributed by atoms with Crippen LogP contribution in [0.1, 0.15) is 43.0 Å². The third-order valence-electron chi connectivity index (χ3n) is 4.53. The van der Waals surface area contributed by atoms with Gasteiger partial charge in [0.2, 0.25) is 0 Å². The van der Waals surface area contributed by atoms with Gasteiger partial charge in [0, 0.05) is 32.2 Å². The summed E-state index contributed by atoms with van der Waals surface area (Å²) in [5.74, 6) is 0. The second kappa shape index (κ2) is 5.87. The third kappa shape index (κ3) is 3.62. The molecule has 2 heteroatoms. The van der Waals surface area contributed by atoms with Crippen molar-refractivity contribution >= 4 is 0 Å². The summed E-state index contributed by atoms with van der Waals surface area (Å²) in [6, 6.07) is 5.21. The Morgan fingerprint density at radius 3 is 2.30 bits per heavy atom.